The van der Waals surface area contributed by atoms with Gasteiger partial charge in [0.2, 0.25) is 0 Å². The van der Waals surface area contributed by atoms with E-state index in [9.17, 15) is 8.42 Å². The van der Waals surface area contributed by atoms with Crippen molar-refractivity contribution in [3.05, 3.63) is 54.4 Å². The summed E-state index contributed by atoms with van der Waals surface area (Å²) in [6.07, 6.45) is 3.17. The smallest absolute Gasteiger partial charge is 0.350 e. The second-order valence-corrected chi connectivity index (χ2v) is 5.15. The number of hydrogen-bond acceptors (Lipinski definition) is 4. The minimum absolute atomic E-state index is 0.0778. The van der Waals surface area contributed by atoms with E-state index in [-0.39, 0.29) is 4.90 Å². The summed E-state index contributed by atoms with van der Waals surface area (Å²) in [4.78, 5) is 0.0778. The molecule has 2 aromatic rings. The summed E-state index contributed by atoms with van der Waals surface area (Å²) in [6, 6.07) is 11.5. The standard InChI is InChI=1S/C12H12N2O3S/c1-14-9-5-6-11(14)10-13-17-18(15,16)12-7-3-2-4-8-12/h2-10H,1H3. The van der Waals surface area contributed by atoms with Crippen LogP contribution < -0.4 is 0 Å². The fourth-order valence-electron chi connectivity index (χ4n) is 1.37. The highest BCUT2D eigenvalue weighted by Gasteiger charge is 2.14. The number of aromatic nitrogens is 1. The van der Waals surface area contributed by atoms with Crippen molar-refractivity contribution in [1.82, 2.24) is 4.57 Å². The molecule has 0 saturated heterocycles. The summed E-state index contributed by atoms with van der Waals surface area (Å²) in [5.74, 6) is 0. The molecular weight excluding hydrogens is 252 g/mol. The van der Waals surface area contributed by atoms with E-state index in [1.165, 1.54) is 18.3 Å². The SMILES string of the molecule is Cn1cccc1C=NOS(=O)(=O)c1ccccc1. The summed E-state index contributed by atoms with van der Waals surface area (Å²) in [5.41, 5.74) is 0.748. The molecule has 0 aliphatic carbocycles. The lowest BCUT2D eigenvalue weighted by Gasteiger charge is -2.00. The van der Waals surface area contributed by atoms with Crippen molar-refractivity contribution in [2.24, 2.45) is 12.2 Å². The van der Waals surface area contributed by atoms with Crippen LogP contribution in [0.5, 0.6) is 0 Å². The molecule has 0 amide bonds. The zero-order chi connectivity index (χ0) is 13.0. The molecule has 94 valence electrons. The first-order valence-electron chi connectivity index (χ1n) is 5.23. The van der Waals surface area contributed by atoms with Crippen molar-refractivity contribution in [3.63, 3.8) is 0 Å². The van der Waals surface area contributed by atoms with Crippen LogP contribution in [0.3, 0.4) is 0 Å². The first-order valence-corrected chi connectivity index (χ1v) is 6.64. The lowest BCUT2D eigenvalue weighted by molar-refractivity contribution is 0.341. The molecule has 0 saturated carbocycles. The monoisotopic (exact) mass is 264 g/mol. The maximum atomic E-state index is 11.7. The van der Waals surface area contributed by atoms with Gasteiger partial charge in [-0.15, -0.1) is 0 Å². The molecule has 0 radical (unpaired) electrons. The van der Waals surface area contributed by atoms with Crippen molar-refractivity contribution >= 4 is 16.3 Å². The number of oxime groups is 1. The fourth-order valence-corrected chi connectivity index (χ4v) is 2.10. The minimum atomic E-state index is -3.83. The van der Waals surface area contributed by atoms with Gasteiger partial charge in [0, 0.05) is 13.2 Å². The molecule has 0 unspecified atom stereocenters. The van der Waals surface area contributed by atoms with E-state index in [0.29, 0.717) is 0 Å². The minimum Gasteiger partial charge on any atom is -0.350 e. The van der Waals surface area contributed by atoms with E-state index in [1.807, 2.05) is 19.3 Å². The van der Waals surface area contributed by atoms with Crippen LogP contribution in [0.25, 0.3) is 0 Å². The van der Waals surface area contributed by atoms with Gasteiger partial charge in [-0.25, -0.2) is 0 Å². The van der Waals surface area contributed by atoms with Crippen molar-refractivity contribution in [2.75, 3.05) is 0 Å². The van der Waals surface area contributed by atoms with E-state index in [0.717, 1.165) is 5.69 Å². The Bertz CT molecular complexity index is 645. The van der Waals surface area contributed by atoms with Crippen LogP contribution in [0, 0.1) is 0 Å². The highest BCUT2D eigenvalue weighted by atomic mass is 32.2. The lowest BCUT2D eigenvalue weighted by atomic mass is 10.4. The summed E-state index contributed by atoms with van der Waals surface area (Å²) in [5, 5.41) is 3.49. The third kappa shape index (κ3) is 2.78. The van der Waals surface area contributed by atoms with E-state index >= 15 is 0 Å². The largest absolute Gasteiger partial charge is 0.358 e. The van der Waals surface area contributed by atoms with Crippen LogP contribution in [0.1, 0.15) is 5.69 Å². The average Bonchev–Trinajstić information content (AvgIpc) is 2.76. The molecule has 1 aromatic heterocycles. The van der Waals surface area contributed by atoms with E-state index in [1.54, 1.807) is 28.8 Å². The van der Waals surface area contributed by atoms with Gasteiger partial charge in [0.1, 0.15) is 4.90 Å². The van der Waals surface area contributed by atoms with Crippen LogP contribution in [0.4, 0.5) is 0 Å². The van der Waals surface area contributed by atoms with Crippen molar-refractivity contribution in [3.8, 4) is 0 Å². The molecule has 1 heterocycles. The van der Waals surface area contributed by atoms with Crippen LogP contribution in [0.2, 0.25) is 0 Å². The lowest BCUT2D eigenvalue weighted by Crippen LogP contribution is -2.03. The van der Waals surface area contributed by atoms with Gasteiger partial charge in [0.25, 0.3) is 0 Å². The maximum absolute atomic E-state index is 11.7. The molecule has 5 nitrogen and oxygen atoms in total. The molecule has 18 heavy (non-hydrogen) atoms. The first kappa shape index (κ1) is 12.4. The summed E-state index contributed by atoms with van der Waals surface area (Å²) in [6.45, 7) is 0. The predicted molar refractivity (Wildman–Crippen MR) is 67.7 cm³/mol. The van der Waals surface area contributed by atoms with Crippen LogP contribution >= 0.6 is 0 Å². The Hall–Kier alpha value is -2.08. The highest BCUT2D eigenvalue weighted by Crippen LogP contribution is 2.11. The summed E-state index contributed by atoms with van der Waals surface area (Å²) >= 11 is 0. The zero-order valence-electron chi connectivity index (χ0n) is 9.72. The maximum Gasteiger partial charge on any atom is 0.358 e. The van der Waals surface area contributed by atoms with Gasteiger partial charge in [0.15, 0.2) is 0 Å². The highest BCUT2D eigenvalue weighted by molar-refractivity contribution is 7.86. The van der Waals surface area contributed by atoms with Gasteiger partial charge in [0.05, 0.1) is 11.9 Å². The summed E-state index contributed by atoms with van der Waals surface area (Å²) < 4.78 is 29.8. The fraction of sp³-hybridized carbons (Fsp3) is 0.0833. The van der Waals surface area contributed by atoms with Crippen LogP contribution in [-0.4, -0.2) is 19.2 Å². The molecule has 0 fully saturated rings. The first-order chi connectivity index (χ1) is 8.59. The number of benzene rings is 1. The molecule has 0 atom stereocenters. The average molecular weight is 264 g/mol. The molecule has 0 aliphatic rings. The van der Waals surface area contributed by atoms with Gasteiger partial charge >= 0.3 is 10.1 Å². The quantitative estimate of drug-likeness (QED) is 0.624. The molecule has 0 spiro atoms. The van der Waals surface area contributed by atoms with Crippen LogP contribution in [0.15, 0.2) is 58.7 Å². The van der Waals surface area contributed by atoms with E-state index in [4.69, 9.17) is 0 Å². The Morgan fingerprint density at radius 3 is 2.50 bits per heavy atom. The predicted octanol–water partition coefficient (Wildman–Crippen LogP) is 1.76. The van der Waals surface area contributed by atoms with Crippen molar-refractivity contribution < 1.29 is 12.7 Å². The Kier molecular flexibility index (Phi) is 3.47. The van der Waals surface area contributed by atoms with Gasteiger partial charge in [-0.1, -0.05) is 23.4 Å². The molecule has 0 N–H and O–H groups in total. The summed E-state index contributed by atoms with van der Waals surface area (Å²) in [7, 11) is -2.01. The van der Waals surface area contributed by atoms with Gasteiger partial charge in [-0.05, 0) is 24.3 Å². The van der Waals surface area contributed by atoms with Crippen LogP contribution in [-0.2, 0) is 21.4 Å². The zero-order valence-corrected chi connectivity index (χ0v) is 10.5. The molecule has 1 aromatic carbocycles. The number of nitrogens with zero attached hydrogens (tertiary/aromatic N) is 2. The van der Waals surface area contributed by atoms with Gasteiger partial charge < -0.3 is 4.57 Å². The second-order valence-electron chi connectivity index (χ2n) is 3.62. The van der Waals surface area contributed by atoms with E-state index < -0.39 is 10.1 Å². The molecule has 2 rings (SSSR count). The molecule has 6 heteroatoms. The molecule has 0 bridgehead atoms. The normalized spacial score (nSPS) is 11.8. The van der Waals surface area contributed by atoms with E-state index in [2.05, 4.69) is 9.44 Å². The van der Waals surface area contributed by atoms with Gasteiger partial charge in [-0.2, -0.15) is 8.42 Å². The third-order valence-electron chi connectivity index (χ3n) is 2.34. The van der Waals surface area contributed by atoms with Gasteiger partial charge in [-0.3, -0.25) is 4.28 Å². The topological polar surface area (TPSA) is 60.7 Å². The Morgan fingerprint density at radius 2 is 1.89 bits per heavy atom. The van der Waals surface area contributed by atoms with Crippen molar-refractivity contribution in [1.29, 1.82) is 0 Å². The third-order valence-corrected chi connectivity index (χ3v) is 3.47. The number of aryl methyl sites for hydroxylation is 1. The Balaban J connectivity index is 2.11. The number of hydrogen-bond donors (Lipinski definition) is 0. The van der Waals surface area contributed by atoms with Crippen molar-refractivity contribution in [2.45, 2.75) is 4.90 Å². The number of rotatable bonds is 4. The molecule has 0 aliphatic heterocycles. The second kappa shape index (κ2) is 5.05. The molecular formula is C12H12N2O3S. The Labute approximate surface area is 105 Å². The Morgan fingerprint density at radius 1 is 1.17 bits per heavy atom.